The lowest BCUT2D eigenvalue weighted by molar-refractivity contribution is 0.482. The number of amidine groups is 1. The molecule has 1 heterocycles. The van der Waals surface area contributed by atoms with Gasteiger partial charge in [-0.05, 0) is 18.9 Å². The number of hydrogen-bond donors (Lipinski definition) is 2. The van der Waals surface area contributed by atoms with Gasteiger partial charge in [-0.1, -0.05) is 26.7 Å². The van der Waals surface area contributed by atoms with Gasteiger partial charge in [0.25, 0.3) is 0 Å². The van der Waals surface area contributed by atoms with Crippen molar-refractivity contribution in [2.75, 3.05) is 18.0 Å². The highest BCUT2D eigenvalue weighted by Crippen LogP contribution is 2.14. The largest absolute Gasteiger partial charge is 0.382 e. The number of aromatic nitrogens is 2. The molecular weight excluding hydrogens is 226 g/mol. The van der Waals surface area contributed by atoms with Crippen LogP contribution in [0.2, 0.25) is 0 Å². The van der Waals surface area contributed by atoms with Gasteiger partial charge in [0, 0.05) is 19.3 Å². The second-order valence-electron chi connectivity index (χ2n) is 4.38. The van der Waals surface area contributed by atoms with Crippen molar-refractivity contribution < 1.29 is 0 Å². The SMILES string of the molecule is CCC(CC)CN(CC)c1nccc(C(=N)N)n1. The first-order valence-corrected chi connectivity index (χ1v) is 6.54. The monoisotopic (exact) mass is 249 g/mol. The standard InChI is InChI=1S/C13H23N5/c1-4-10(5-2)9-18(6-3)13-16-8-7-11(17-13)12(14)15/h7-8,10H,4-6,9H2,1-3H3,(H3,14,15). The van der Waals surface area contributed by atoms with Crippen molar-refractivity contribution in [1.82, 2.24) is 9.97 Å². The number of nitrogens with zero attached hydrogens (tertiary/aromatic N) is 3. The van der Waals surface area contributed by atoms with Crippen LogP contribution in [0.1, 0.15) is 39.3 Å². The third-order valence-corrected chi connectivity index (χ3v) is 3.22. The Morgan fingerprint density at radius 1 is 1.39 bits per heavy atom. The number of nitrogens with two attached hydrogens (primary N) is 1. The molecule has 0 aliphatic rings. The van der Waals surface area contributed by atoms with E-state index in [0.717, 1.165) is 25.9 Å². The molecule has 0 amide bonds. The van der Waals surface area contributed by atoms with E-state index in [1.165, 1.54) is 0 Å². The fourth-order valence-electron chi connectivity index (χ4n) is 1.86. The molecule has 1 rings (SSSR count). The summed E-state index contributed by atoms with van der Waals surface area (Å²) in [6, 6.07) is 1.66. The highest BCUT2D eigenvalue weighted by atomic mass is 15.2. The molecule has 18 heavy (non-hydrogen) atoms. The maximum absolute atomic E-state index is 7.41. The van der Waals surface area contributed by atoms with Gasteiger partial charge in [0.2, 0.25) is 5.95 Å². The predicted molar refractivity (Wildman–Crippen MR) is 75.0 cm³/mol. The van der Waals surface area contributed by atoms with Gasteiger partial charge in [-0.2, -0.15) is 0 Å². The molecule has 0 unspecified atom stereocenters. The summed E-state index contributed by atoms with van der Waals surface area (Å²) in [5.41, 5.74) is 5.94. The fraction of sp³-hybridized carbons (Fsp3) is 0.615. The van der Waals surface area contributed by atoms with Crippen molar-refractivity contribution in [3.8, 4) is 0 Å². The molecular formula is C13H23N5. The zero-order valence-corrected chi connectivity index (χ0v) is 11.5. The minimum absolute atomic E-state index is 0.0164. The molecule has 0 atom stereocenters. The molecule has 1 aromatic rings. The molecule has 0 aromatic carbocycles. The molecule has 0 fully saturated rings. The minimum atomic E-state index is -0.0164. The van der Waals surface area contributed by atoms with Crippen molar-refractivity contribution in [3.63, 3.8) is 0 Å². The summed E-state index contributed by atoms with van der Waals surface area (Å²) in [7, 11) is 0. The minimum Gasteiger partial charge on any atom is -0.382 e. The third-order valence-electron chi connectivity index (χ3n) is 3.22. The Morgan fingerprint density at radius 2 is 2.06 bits per heavy atom. The molecule has 0 spiro atoms. The first-order valence-electron chi connectivity index (χ1n) is 6.54. The Hall–Kier alpha value is -1.65. The van der Waals surface area contributed by atoms with Gasteiger partial charge in [-0.3, -0.25) is 5.41 Å². The van der Waals surface area contributed by atoms with Crippen LogP contribution in [0, 0.1) is 11.3 Å². The number of nitrogens with one attached hydrogen (secondary N) is 1. The van der Waals surface area contributed by atoms with E-state index in [1.54, 1.807) is 12.3 Å². The van der Waals surface area contributed by atoms with E-state index in [2.05, 4.69) is 35.6 Å². The summed E-state index contributed by atoms with van der Waals surface area (Å²) >= 11 is 0. The van der Waals surface area contributed by atoms with Gasteiger partial charge < -0.3 is 10.6 Å². The fourth-order valence-corrected chi connectivity index (χ4v) is 1.86. The molecule has 0 aliphatic carbocycles. The van der Waals surface area contributed by atoms with E-state index in [9.17, 15) is 0 Å². The summed E-state index contributed by atoms with van der Waals surface area (Å²) in [4.78, 5) is 10.8. The van der Waals surface area contributed by atoms with Crippen LogP contribution in [0.3, 0.4) is 0 Å². The third kappa shape index (κ3) is 3.68. The molecule has 1 aromatic heterocycles. The zero-order valence-electron chi connectivity index (χ0n) is 11.5. The first-order chi connectivity index (χ1) is 8.62. The van der Waals surface area contributed by atoms with Crippen LogP contribution in [-0.4, -0.2) is 28.9 Å². The summed E-state index contributed by atoms with van der Waals surface area (Å²) in [5, 5.41) is 7.41. The van der Waals surface area contributed by atoms with Gasteiger partial charge in [0.05, 0.1) is 0 Å². The van der Waals surface area contributed by atoms with E-state index in [4.69, 9.17) is 11.1 Å². The Balaban J connectivity index is 2.87. The second kappa shape index (κ2) is 6.93. The average Bonchev–Trinajstić information content (AvgIpc) is 2.40. The maximum Gasteiger partial charge on any atom is 0.225 e. The van der Waals surface area contributed by atoms with Gasteiger partial charge in [0.15, 0.2) is 0 Å². The Bertz CT molecular complexity index is 387. The summed E-state index contributed by atoms with van der Waals surface area (Å²) in [5.74, 6) is 1.30. The number of anilines is 1. The highest BCUT2D eigenvalue weighted by molar-refractivity contribution is 5.93. The Morgan fingerprint density at radius 3 is 2.56 bits per heavy atom. The molecule has 0 bridgehead atoms. The summed E-state index contributed by atoms with van der Waals surface area (Å²) in [6.07, 6.45) is 3.97. The molecule has 100 valence electrons. The van der Waals surface area contributed by atoms with Crippen LogP contribution in [0.15, 0.2) is 12.3 Å². The quantitative estimate of drug-likeness (QED) is 0.572. The van der Waals surface area contributed by atoms with Crippen molar-refractivity contribution in [2.24, 2.45) is 11.7 Å². The smallest absolute Gasteiger partial charge is 0.225 e. The van der Waals surface area contributed by atoms with E-state index < -0.39 is 0 Å². The van der Waals surface area contributed by atoms with Crippen LogP contribution in [0.25, 0.3) is 0 Å². The molecule has 0 saturated carbocycles. The lowest BCUT2D eigenvalue weighted by Gasteiger charge is -2.25. The summed E-state index contributed by atoms with van der Waals surface area (Å²) < 4.78 is 0. The molecule has 5 heteroatoms. The van der Waals surface area contributed by atoms with Gasteiger partial charge in [0.1, 0.15) is 11.5 Å². The predicted octanol–water partition coefficient (Wildman–Crippen LogP) is 2.02. The van der Waals surface area contributed by atoms with Gasteiger partial charge in [-0.25, -0.2) is 9.97 Å². The molecule has 0 radical (unpaired) electrons. The highest BCUT2D eigenvalue weighted by Gasteiger charge is 2.13. The second-order valence-corrected chi connectivity index (χ2v) is 4.38. The van der Waals surface area contributed by atoms with Crippen LogP contribution < -0.4 is 10.6 Å². The van der Waals surface area contributed by atoms with Gasteiger partial charge >= 0.3 is 0 Å². The van der Waals surface area contributed by atoms with Crippen molar-refractivity contribution in [1.29, 1.82) is 5.41 Å². The van der Waals surface area contributed by atoms with Crippen LogP contribution in [0.4, 0.5) is 5.95 Å². The first kappa shape index (κ1) is 14.4. The number of rotatable bonds is 7. The molecule has 0 saturated heterocycles. The van der Waals surface area contributed by atoms with E-state index in [-0.39, 0.29) is 5.84 Å². The van der Waals surface area contributed by atoms with Crippen molar-refractivity contribution in [3.05, 3.63) is 18.0 Å². The van der Waals surface area contributed by atoms with Crippen molar-refractivity contribution in [2.45, 2.75) is 33.6 Å². The molecule has 5 nitrogen and oxygen atoms in total. The normalized spacial score (nSPS) is 10.7. The average molecular weight is 249 g/mol. The van der Waals surface area contributed by atoms with Crippen LogP contribution in [0.5, 0.6) is 0 Å². The topological polar surface area (TPSA) is 78.9 Å². The van der Waals surface area contributed by atoms with Crippen molar-refractivity contribution >= 4 is 11.8 Å². The van der Waals surface area contributed by atoms with E-state index in [1.807, 2.05) is 0 Å². The van der Waals surface area contributed by atoms with Crippen LogP contribution >= 0.6 is 0 Å². The summed E-state index contributed by atoms with van der Waals surface area (Å²) in [6.45, 7) is 8.30. The number of nitrogen functional groups attached to an aromatic ring is 1. The van der Waals surface area contributed by atoms with Gasteiger partial charge in [-0.15, -0.1) is 0 Å². The Kier molecular flexibility index (Phi) is 5.55. The lowest BCUT2D eigenvalue weighted by Crippen LogP contribution is -2.31. The lowest BCUT2D eigenvalue weighted by atomic mass is 10.0. The Labute approximate surface area is 109 Å². The zero-order chi connectivity index (χ0) is 13.5. The number of hydrogen-bond acceptors (Lipinski definition) is 4. The van der Waals surface area contributed by atoms with E-state index in [0.29, 0.717) is 17.6 Å². The molecule has 3 N–H and O–H groups in total. The van der Waals surface area contributed by atoms with Crippen LogP contribution in [-0.2, 0) is 0 Å². The molecule has 0 aliphatic heterocycles. The maximum atomic E-state index is 7.41. The van der Waals surface area contributed by atoms with E-state index >= 15 is 0 Å².